The highest BCUT2D eigenvalue weighted by Gasteiger charge is 2.11. The van der Waals surface area contributed by atoms with Crippen LogP contribution >= 0.6 is 22.6 Å². The summed E-state index contributed by atoms with van der Waals surface area (Å²) in [5.74, 6) is 1.05. The molecule has 0 saturated carbocycles. The lowest BCUT2D eigenvalue weighted by molar-refractivity contribution is 0.418. The van der Waals surface area contributed by atoms with Crippen LogP contribution in [0.25, 0.3) is 11.5 Å². The van der Waals surface area contributed by atoms with Crippen molar-refractivity contribution in [2.75, 3.05) is 0 Å². The van der Waals surface area contributed by atoms with Gasteiger partial charge in [-0.2, -0.15) is 4.98 Å². The van der Waals surface area contributed by atoms with Gasteiger partial charge in [-0.3, -0.25) is 0 Å². The maximum absolute atomic E-state index is 5.65. The molecule has 0 aliphatic heterocycles. The van der Waals surface area contributed by atoms with Gasteiger partial charge in [0.05, 0.1) is 6.04 Å². The lowest BCUT2D eigenvalue weighted by Crippen LogP contribution is -2.06. The average molecular weight is 315 g/mol. The summed E-state index contributed by atoms with van der Waals surface area (Å²) in [4.78, 5) is 4.22. The van der Waals surface area contributed by atoms with Crippen LogP contribution in [-0.2, 0) is 0 Å². The molecule has 0 fully saturated rings. The van der Waals surface area contributed by atoms with Gasteiger partial charge < -0.3 is 10.3 Å². The molecule has 0 aliphatic carbocycles. The summed E-state index contributed by atoms with van der Waals surface area (Å²) in [7, 11) is 0. The van der Waals surface area contributed by atoms with E-state index in [0.717, 1.165) is 9.13 Å². The van der Waals surface area contributed by atoms with Crippen molar-refractivity contribution >= 4 is 22.6 Å². The molecule has 5 heteroatoms. The Hall–Kier alpha value is -0.950. The van der Waals surface area contributed by atoms with Gasteiger partial charge in [0.1, 0.15) is 0 Å². The van der Waals surface area contributed by atoms with E-state index in [2.05, 4.69) is 32.7 Å². The largest absolute Gasteiger partial charge is 0.334 e. The molecule has 0 aliphatic rings. The Morgan fingerprint density at radius 3 is 2.87 bits per heavy atom. The number of halogens is 1. The molecule has 1 heterocycles. The Balaban J connectivity index is 2.37. The number of aromatic nitrogens is 2. The number of nitrogens with two attached hydrogens (primary N) is 1. The molecule has 2 aromatic rings. The number of nitrogens with zero attached hydrogens (tertiary/aromatic N) is 2. The van der Waals surface area contributed by atoms with Crippen LogP contribution in [0.15, 0.2) is 28.8 Å². The standard InChI is InChI=1S/C10H10IN3O/c1-6(12)9-13-10(15-14-9)7-3-2-4-8(11)5-7/h2-6H,12H2,1H3. The van der Waals surface area contributed by atoms with E-state index in [9.17, 15) is 0 Å². The molecule has 2 N–H and O–H groups in total. The molecule has 1 aromatic heterocycles. The van der Waals surface area contributed by atoms with Gasteiger partial charge in [-0.1, -0.05) is 11.2 Å². The average Bonchev–Trinajstić information content (AvgIpc) is 2.66. The maximum Gasteiger partial charge on any atom is 0.258 e. The lowest BCUT2D eigenvalue weighted by atomic mass is 10.2. The van der Waals surface area contributed by atoms with E-state index in [1.165, 1.54) is 0 Å². The van der Waals surface area contributed by atoms with E-state index >= 15 is 0 Å². The Bertz CT molecular complexity index is 467. The van der Waals surface area contributed by atoms with Crippen LogP contribution in [0.2, 0.25) is 0 Å². The van der Waals surface area contributed by atoms with Gasteiger partial charge in [-0.15, -0.1) is 0 Å². The Morgan fingerprint density at radius 1 is 1.47 bits per heavy atom. The van der Waals surface area contributed by atoms with Crippen LogP contribution < -0.4 is 5.73 Å². The summed E-state index contributed by atoms with van der Waals surface area (Å²) in [5.41, 5.74) is 6.57. The summed E-state index contributed by atoms with van der Waals surface area (Å²) in [6.07, 6.45) is 0. The van der Waals surface area contributed by atoms with E-state index in [0.29, 0.717) is 11.7 Å². The number of hydrogen-bond acceptors (Lipinski definition) is 4. The van der Waals surface area contributed by atoms with Crippen molar-refractivity contribution in [1.29, 1.82) is 0 Å². The molecule has 78 valence electrons. The molecule has 4 nitrogen and oxygen atoms in total. The van der Waals surface area contributed by atoms with Gasteiger partial charge >= 0.3 is 0 Å². The van der Waals surface area contributed by atoms with Crippen molar-refractivity contribution in [3.8, 4) is 11.5 Å². The normalized spacial score (nSPS) is 12.7. The molecular weight excluding hydrogens is 305 g/mol. The maximum atomic E-state index is 5.65. The first-order valence-corrected chi connectivity index (χ1v) is 5.60. The molecule has 1 unspecified atom stereocenters. The van der Waals surface area contributed by atoms with Crippen LogP contribution in [-0.4, -0.2) is 10.1 Å². The molecule has 0 spiro atoms. The fraction of sp³-hybridized carbons (Fsp3) is 0.200. The van der Waals surface area contributed by atoms with Crippen molar-refractivity contribution in [2.24, 2.45) is 5.73 Å². The second kappa shape index (κ2) is 4.28. The van der Waals surface area contributed by atoms with E-state index in [4.69, 9.17) is 10.3 Å². The quantitative estimate of drug-likeness (QED) is 0.864. The van der Waals surface area contributed by atoms with E-state index < -0.39 is 0 Å². The minimum atomic E-state index is -0.203. The zero-order valence-corrected chi connectivity index (χ0v) is 10.3. The van der Waals surface area contributed by atoms with Crippen LogP contribution in [0.5, 0.6) is 0 Å². The summed E-state index contributed by atoms with van der Waals surface area (Å²) in [6, 6.07) is 7.67. The van der Waals surface area contributed by atoms with Gasteiger partial charge in [0.15, 0.2) is 5.82 Å². The highest BCUT2D eigenvalue weighted by Crippen LogP contribution is 2.20. The van der Waals surface area contributed by atoms with Crippen molar-refractivity contribution in [3.63, 3.8) is 0 Å². The predicted molar refractivity (Wildman–Crippen MR) is 65.1 cm³/mol. The minimum Gasteiger partial charge on any atom is -0.334 e. The highest BCUT2D eigenvalue weighted by atomic mass is 127. The lowest BCUT2D eigenvalue weighted by Gasteiger charge is -1.95. The molecule has 1 aromatic carbocycles. The Morgan fingerprint density at radius 2 is 2.27 bits per heavy atom. The number of benzene rings is 1. The second-order valence-electron chi connectivity index (χ2n) is 3.26. The first-order valence-electron chi connectivity index (χ1n) is 4.52. The minimum absolute atomic E-state index is 0.203. The van der Waals surface area contributed by atoms with Gasteiger partial charge in [-0.25, -0.2) is 0 Å². The first-order chi connectivity index (χ1) is 7.16. The summed E-state index contributed by atoms with van der Waals surface area (Å²) >= 11 is 2.24. The summed E-state index contributed by atoms with van der Waals surface area (Å²) in [5, 5.41) is 3.81. The van der Waals surface area contributed by atoms with Gasteiger partial charge in [0.25, 0.3) is 5.89 Å². The molecule has 0 bridgehead atoms. The summed E-state index contributed by atoms with van der Waals surface area (Å²) in [6.45, 7) is 1.82. The summed E-state index contributed by atoms with van der Waals surface area (Å²) < 4.78 is 6.25. The van der Waals surface area contributed by atoms with Crippen LogP contribution in [0.1, 0.15) is 18.8 Å². The van der Waals surface area contributed by atoms with E-state index in [-0.39, 0.29) is 6.04 Å². The van der Waals surface area contributed by atoms with E-state index in [1.54, 1.807) is 0 Å². The smallest absolute Gasteiger partial charge is 0.258 e. The fourth-order valence-electron chi connectivity index (χ4n) is 1.16. The topological polar surface area (TPSA) is 64.9 Å². The third-order valence-electron chi connectivity index (χ3n) is 1.92. The molecule has 0 radical (unpaired) electrons. The Labute approximate surface area is 101 Å². The van der Waals surface area contributed by atoms with Gasteiger partial charge in [-0.05, 0) is 47.7 Å². The zero-order chi connectivity index (χ0) is 10.8. The molecule has 2 rings (SSSR count). The van der Waals surface area contributed by atoms with Crippen molar-refractivity contribution in [3.05, 3.63) is 33.7 Å². The van der Waals surface area contributed by atoms with Crippen LogP contribution in [0.3, 0.4) is 0 Å². The van der Waals surface area contributed by atoms with Crippen LogP contribution in [0.4, 0.5) is 0 Å². The zero-order valence-electron chi connectivity index (χ0n) is 8.14. The molecule has 15 heavy (non-hydrogen) atoms. The predicted octanol–water partition coefficient (Wildman–Crippen LogP) is 2.36. The van der Waals surface area contributed by atoms with Gasteiger partial charge in [0, 0.05) is 9.13 Å². The first kappa shape index (κ1) is 10.6. The van der Waals surface area contributed by atoms with Crippen molar-refractivity contribution in [2.45, 2.75) is 13.0 Å². The number of rotatable bonds is 2. The molecule has 1 atom stereocenters. The second-order valence-corrected chi connectivity index (χ2v) is 4.50. The monoisotopic (exact) mass is 315 g/mol. The third kappa shape index (κ3) is 2.35. The van der Waals surface area contributed by atoms with Gasteiger partial charge in [0.2, 0.25) is 0 Å². The van der Waals surface area contributed by atoms with E-state index in [1.807, 2.05) is 31.2 Å². The Kier molecular flexibility index (Phi) is 3.01. The highest BCUT2D eigenvalue weighted by molar-refractivity contribution is 14.1. The molecular formula is C10H10IN3O. The van der Waals surface area contributed by atoms with Crippen LogP contribution in [0, 0.1) is 3.57 Å². The molecule has 0 saturated heterocycles. The SMILES string of the molecule is CC(N)c1noc(-c2cccc(I)c2)n1. The number of hydrogen-bond donors (Lipinski definition) is 1. The van der Waals surface area contributed by atoms with Crippen molar-refractivity contribution in [1.82, 2.24) is 10.1 Å². The fourth-order valence-corrected chi connectivity index (χ4v) is 1.70. The third-order valence-corrected chi connectivity index (χ3v) is 2.59. The van der Waals surface area contributed by atoms with Crippen molar-refractivity contribution < 1.29 is 4.52 Å². The molecule has 0 amide bonds.